The summed E-state index contributed by atoms with van der Waals surface area (Å²) < 4.78 is 15.5. The molecule has 6 nitrogen and oxygen atoms in total. The number of rotatable bonds is 5. The fourth-order valence-electron chi connectivity index (χ4n) is 8.37. The Balaban J connectivity index is 0.955. The molecule has 0 aliphatic carbocycles. The van der Waals surface area contributed by atoms with Crippen LogP contribution in [-0.2, 0) is 0 Å². The molecule has 0 amide bonds. The van der Waals surface area contributed by atoms with E-state index in [9.17, 15) is 0 Å². The zero-order valence-corrected chi connectivity index (χ0v) is 30.4. The first-order chi connectivity index (χ1) is 28.2. The van der Waals surface area contributed by atoms with Crippen LogP contribution in [0, 0.1) is 0 Å². The highest BCUT2D eigenvalue weighted by Crippen LogP contribution is 2.40. The lowest BCUT2D eigenvalue weighted by Gasteiger charge is -2.08. The molecule has 8 aromatic carbocycles. The Bertz CT molecular complexity index is 3410. The van der Waals surface area contributed by atoms with Crippen LogP contribution < -0.4 is 0 Å². The lowest BCUT2D eigenvalue weighted by atomic mass is 10.0. The van der Waals surface area contributed by atoms with E-state index in [4.69, 9.17) is 23.8 Å². The monoisotopic (exact) mass is 730 g/mol. The van der Waals surface area contributed by atoms with Crippen molar-refractivity contribution in [1.82, 2.24) is 19.5 Å². The molecule has 0 spiro atoms. The lowest BCUT2D eigenvalue weighted by Crippen LogP contribution is -2.00. The second kappa shape index (κ2) is 12.3. The van der Waals surface area contributed by atoms with Gasteiger partial charge in [0.15, 0.2) is 17.5 Å². The minimum absolute atomic E-state index is 0.561. The van der Waals surface area contributed by atoms with Crippen LogP contribution in [0.15, 0.2) is 191 Å². The first kappa shape index (κ1) is 31.5. The fraction of sp³-hybridized carbons (Fsp3) is 0. The van der Waals surface area contributed by atoms with Crippen molar-refractivity contribution in [2.24, 2.45) is 0 Å². The van der Waals surface area contributed by atoms with Crippen molar-refractivity contribution < 1.29 is 8.83 Å². The van der Waals surface area contributed by atoms with Crippen molar-refractivity contribution in [1.29, 1.82) is 0 Å². The van der Waals surface area contributed by atoms with Crippen LogP contribution in [-0.4, -0.2) is 19.5 Å². The van der Waals surface area contributed by atoms with Crippen LogP contribution >= 0.6 is 0 Å². The minimum atomic E-state index is 0.561. The lowest BCUT2D eigenvalue weighted by molar-refractivity contribution is 0.668. The van der Waals surface area contributed by atoms with Crippen molar-refractivity contribution in [3.63, 3.8) is 0 Å². The number of nitrogens with zero attached hydrogens (tertiary/aromatic N) is 4. The molecule has 0 unspecified atom stereocenters. The number of hydrogen-bond acceptors (Lipinski definition) is 5. The maximum absolute atomic E-state index is 6.72. The average Bonchev–Trinajstić information content (AvgIpc) is 3.95. The SMILES string of the molecule is c1ccc(-c2nc(-c3ccccc3)nc(-c3cccc4c3oc3cc(-c5ccc6oc7cc(-n8c9ccccc9c9ccccc98)ccc7c6c5)ccc34)n2)cc1. The largest absolute Gasteiger partial charge is 0.456 e. The van der Waals surface area contributed by atoms with Crippen LogP contribution in [0.4, 0.5) is 0 Å². The molecule has 12 aromatic rings. The third-order valence-corrected chi connectivity index (χ3v) is 11.1. The normalized spacial score (nSPS) is 11.9. The quantitative estimate of drug-likeness (QED) is 0.176. The summed E-state index contributed by atoms with van der Waals surface area (Å²) >= 11 is 0. The van der Waals surface area contributed by atoms with Crippen LogP contribution in [0.3, 0.4) is 0 Å². The van der Waals surface area contributed by atoms with Gasteiger partial charge in [0.05, 0.1) is 16.6 Å². The van der Waals surface area contributed by atoms with Crippen molar-refractivity contribution in [3.05, 3.63) is 182 Å². The summed E-state index contributed by atoms with van der Waals surface area (Å²) in [5, 5.41) is 6.66. The number of benzene rings is 8. The van der Waals surface area contributed by atoms with Gasteiger partial charge in [-0.25, -0.2) is 15.0 Å². The van der Waals surface area contributed by atoms with Gasteiger partial charge in [0.25, 0.3) is 0 Å². The second-order valence-corrected chi connectivity index (χ2v) is 14.4. The Morgan fingerprint density at radius 2 is 0.895 bits per heavy atom. The van der Waals surface area contributed by atoms with Crippen molar-refractivity contribution in [2.45, 2.75) is 0 Å². The molecule has 12 rings (SSSR count). The number of fused-ring (bicyclic) bond motifs is 9. The summed E-state index contributed by atoms with van der Waals surface area (Å²) in [5.74, 6) is 1.78. The number of aromatic nitrogens is 4. The predicted molar refractivity (Wildman–Crippen MR) is 230 cm³/mol. The summed E-state index contributed by atoms with van der Waals surface area (Å²) in [6.07, 6.45) is 0. The molecule has 266 valence electrons. The molecule has 4 heterocycles. The molecule has 0 radical (unpaired) electrons. The third-order valence-electron chi connectivity index (χ3n) is 11.1. The maximum Gasteiger partial charge on any atom is 0.167 e. The summed E-state index contributed by atoms with van der Waals surface area (Å²) in [6.45, 7) is 0. The Morgan fingerprint density at radius 1 is 0.333 bits per heavy atom. The van der Waals surface area contributed by atoms with Gasteiger partial charge in [0.1, 0.15) is 22.3 Å². The molecule has 0 bridgehead atoms. The molecule has 0 saturated carbocycles. The van der Waals surface area contributed by atoms with Gasteiger partial charge in [-0.05, 0) is 65.7 Å². The van der Waals surface area contributed by atoms with Gasteiger partial charge in [0.2, 0.25) is 0 Å². The van der Waals surface area contributed by atoms with E-state index < -0.39 is 0 Å². The maximum atomic E-state index is 6.72. The van der Waals surface area contributed by atoms with E-state index in [-0.39, 0.29) is 0 Å². The van der Waals surface area contributed by atoms with Gasteiger partial charge in [-0.3, -0.25) is 0 Å². The third kappa shape index (κ3) is 5.01. The Hall–Kier alpha value is -7.83. The molecule has 0 fully saturated rings. The van der Waals surface area contributed by atoms with Gasteiger partial charge in [0, 0.05) is 55.2 Å². The van der Waals surface area contributed by atoms with Crippen LogP contribution in [0.1, 0.15) is 0 Å². The van der Waals surface area contributed by atoms with Gasteiger partial charge in [-0.15, -0.1) is 0 Å². The zero-order chi connectivity index (χ0) is 37.5. The van der Waals surface area contributed by atoms with E-state index in [1.165, 1.54) is 21.8 Å². The first-order valence-electron chi connectivity index (χ1n) is 19.0. The number of para-hydroxylation sites is 3. The summed E-state index contributed by atoms with van der Waals surface area (Å²) in [7, 11) is 0. The van der Waals surface area contributed by atoms with Gasteiger partial charge in [-0.2, -0.15) is 0 Å². The molecule has 0 atom stereocenters. The van der Waals surface area contributed by atoms with E-state index in [1.54, 1.807) is 0 Å². The van der Waals surface area contributed by atoms with Crippen LogP contribution in [0.5, 0.6) is 0 Å². The van der Waals surface area contributed by atoms with E-state index in [0.717, 1.165) is 77.4 Å². The topological polar surface area (TPSA) is 69.9 Å². The van der Waals surface area contributed by atoms with E-state index in [1.807, 2.05) is 72.8 Å². The molecule has 0 aliphatic rings. The number of hydrogen-bond donors (Lipinski definition) is 0. The molecule has 4 aromatic heterocycles. The highest BCUT2D eigenvalue weighted by atomic mass is 16.3. The molecule has 6 heteroatoms. The second-order valence-electron chi connectivity index (χ2n) is 14.4. The molecule has 0 aliphatic heterocycles. The Labute approximate surface area is 325 Å². The molecule has 0 saturated heterocycles. The molecule has 57 heavy (non-hydrogen) atoms. The first-order valence-corrected chi connectivity index (χ1v) is 19.0. The standard InChI is InChI=1S/C51H30N4O2/c1-3-12-31(13-4-1)49-52-50(32-14-5-2-6-15-32)54-51(53-49)41-19-11-18-40-38-25-22-34(29-46(38)57-48(40)41)33-23-27-45-42(28-33)39-26-24-35(30-47(39)56-45)55-43-20-9-7-16-36(43)37-17-8-10-21-44(37)55/h1-30H. The smallest absolute Gasteiger partial charge is 0.167 e. The Kier molecular flexibility index (Phi) is 6.83. The van der Waals surface area contributed by atoms with Crippen molar-refractivity contribution in [3.8, 4) is 51.0 Å². The van der Waals surface area contributed by atoms with E-state index in [0.29, 0.717) is 17.5 Å². The average molecular weight is 731 g/mol. The summed E-state index contributed by atoms with van der Waals surface area (Å²) in [5.41, 5.74) is 11.4. The number of furan rings is 2. The molecule has 0 N–H and O–H groups in total. The summed E-state index contributed by atoms with van der Waals surface area (Å²) in [6, 6.07) is 62.7. The van der Waals surface area contributed by atoms with Crippen LogP contribution in [0.2, 0.25) is 0 Å². The van der Waals surface area contributed by atoms with Gasteiger partial charge >= 0.3 is 0 Å². The summed E-state index contributed by atoms with van der Waals surface area (Å²) in [4.78, 5) is 14.9. The Morgan fingerprint density at radius 3 is 1.61 bits per heavy atom. The van der Waals surface area contributed by atoms with Gasteiger partial charge in [-0.1, -0.05) is 121 Å². The van der Waals surface area contributed by atoms with Gasteiger partial charge < -0.3 is 13.4 Å². The minimum Gasteiger partial charge on any atom is -0.456 e. The fourth-order valence-corrected chi connectivity index (χ4v) is 8.37. The van der Waals surface area contributed by atoms with Crippen LogP contribution in [0.25, 0.3) is 117 Å². The zero-order valence-electron chi connectivity index (χ0n) is 30.4. The predicted octanol–water partition coefficient (Wildman–Crippen LogP) is 13.4. The highest BCUT2D eigenvalue weighted by Gasteiger charge is 2.19. The van der Waals surface area contributed by atoms with E-state index in [2.05, 4.69) is 114 Å². The molecular formula is C51H30N4O2. The highest BCUT2D eigenvalue weighted by molar-refractivity contribution is 6.12. The van der Waals surface area contributed by atoms with Crippen molar-refractivity contribution in [2.75, 3.05) is 0 Å². The van der Waals surface area contributed by atoms with Crippen molar-refractivity contribution >= 4 is 65.7 Å². The molecular weight excluding hydrogens is 701 g/mol. The van der Waals surface area contributed by atoms with E-state index >= 15 is 0 Å².